The van der Waals surface area contributed by atoms with Crippen LogP contribution in [0.2, 0.25) is 5.02 Å². The highest BCUT2D eigenvalue weighted by atomic mass is 35.5. The molecule has 0 atom stereocenters. The minimum atomic E-state index is -0.512. The van der Waals surface area contributed by atoms with Crippen LogP contribution in [0.25, 0.3) is 0 Å². The van der Waals surface area contributed by atoms with Crippen molar-refractivity contribution in [2.24, 2.45) is 7.05 Å². The second kappa shape index (κ2) is 6.39. The summed E-state index contributed by atoms with van der Waals surface area (Å²) in [5.41, 5.74) is 0.468. The number of rotatable bonds is 3. The molecule has 2 heterocycles. The molecule has 8 heteroatoms. The summed E-state index contributed by atoms with van der Waals surface area (Å²) in [5, 5.41) is 7.10. The topological polar surface area (TPSA) is 63.1 Å². The van der Waals surface area contributed by atoms with Crippen molar-refractivity contribution in [1.82, 2.24) is 19.7 Å². The van der Waals surface area contributed by atoms with Gasteiger partial charge in [0, 0.05) is 31.7 Å². The molecule has 1 aromatic carbocycles. The summed E-state index contributed by atoms with van der Waals surface area (Å²) in [4.78, 5) is 18.4. The van der Waals surface area contributed by atoms with Gasteiger partial charge in [-0.25, -0.2) is 14.2 Å². The lowest BCUT2D eigenvalue weighted by molar-refractivity contribution is 0.159. The third-order valence-electron chi connectivity index (χ3n) is 4.03. The van der Waals surface area contributed by atoms with Crippen molar-refractivity contribution >= 4 is 23.3 Å². The number of nitrogens with zero attached hydrogens (tertiary/aromatic N) is 4. The highest BCUT2D eigenvalue weighted by Crippen LogP contribution is 2.27. The number of aromatic nitrogens is 3. The van der Waals surface area contributed by atoms with E-state index in [9.17, 15) is 9.18 Å². The van der Waals surface area contributed by atoms with E-state index in [0.717, 1.165) is 11.6 Å². The first-order valence-electron chi connectivity index (χ1n) is 7.77. The molecule has 1 aliphatic heterocycles. The molecule has 24 heavy (non-hydrogen) atoms. The molecule has 1 fully saturated rings. The molecule has 1 saturated heterocycles. The molecule has 6 nitrogen and oxygen atoms in total. The van der Waals surface area contributed by atoms with Crippen LogP contribution in [0.4, 0.5) is 14.9 Å². The lowest BCUT2D eigenvalue weighted by Crippen LogP contribution is -2.51. The predicted molar refractivity (Wildman–Crippen MR) is 89.8 cm³/mol. The Balaban J connectivity index is 1.59. The molecule has 1 N–H and O–H groups in total. The molecule has 2 aromatic rings. The Labute approximate surface area is 144 Å². The summed E-state index contributed by atoms with van der Waals surface area (Å²) in [6.45, 7) is 5.25. The average molecular weight is 352 g/mol. The molecular weight excluding hydrogens is 333 g/mol. The van der Waals surface area contributed by atoms with Crippen LogP contribution in [-0.2, 0) is 7.05 Å². The van der Waals surface area contributed by atoms with Gasteiger partial charge >= 0.3 is 6.03 Å². The van der Waals surface area contributed by atoms with Crippen LogP contribution in [0.1, 0.15) is 37.3 Å². The third-order valence-corrected chi connectivity index (χ3v) is 4.32. The summed E-state index contributed by atoms with van der Waals surface area (Å²) in [6, 6.07) is 3.86. The minimum Gasteiger partial charge on any atom is -0.323 e. The fraction of sp³-hybridized carbons (Fsp3) is 0.438. The molecule has 0 bridgehead atoms. The normalized spacial score (nSPS) is 14.8. The van der Waals surface area contributed by atoms with Gasteiger partial charge in [-0.2, -0.15) is 5.10 Å². The second-order valence-corrected chi connectivity index (χ2v) is 6.67. The van der Waals surface area contributed by atoms with E-state index in [1.807, 2.05) is 20.9 Å². The number of hydrogen-bond acceptors (Lipinski definition) is 3. The van der Waals surface area contributed by atoms with Gasteiger partial charge in [-0.1, -0.05) is 25.4 Å². The SMILES string of the molecule is CC(C)c1nc(C2CN(C(=O)Nc3ccc(F)c(Cl)c3)C2)n(C)n1. The third kappa shape index (κ3) is 3.21. The lowest BCUT2D eigenvalue weighted by atomic mass is 10.00. The van der Waals surface area contributed by atoms with E-state index < -0.39 is 5.82 Å². The first kappa shape index (κ1) is 16.7. The monoisotopic (exact) mass is 351 g/mol. The molecule has 128 valence electrons. The summed E-state index contributed by atoms with van der Waals surface area (Å²) in [7, 11) is 1.87. The van der Waals surface area contributed by atoms with E-state index in [1.165, 1.54) is 18.2 Å². The molecule has 2 amide bonds. The van der Waals surface area contributed by atoms with Gasteiger partial charge in [0.05, 0.1) is 10.9 Å². The van der Waals surface area contributed by atoms with Crippen LogP contribution in [-0.4, -0.2) is 38.8 Å². The van der Waals surface area contributed by atoms with Crippen LogP contribution in [0.5, 0.6) is 0 Å². The standard InChI is InChI=1S/C16H19ClFN5O/c1-9(2)14-20-15(22(3)21-14)10-7-23(8-10)16(24)19-11-4-5-13(18)12(17)6-11/h4-6,9-10H,7-8H2,1-3H3,(H,19,24). The number of halogens is 2. The Bertz CT molecular complexity index is 770. The maximum absolute atomic E-state index is 13.1. The number of carbonyl (C=O) groups is 1. The van der Waals surface area contributed by atoms with Gasteiger partial charge < -0.3 is 10.2 Å². The maximum atomic E-state index is 13.1. The number of aryl methyl sites for hydroxylation is 1. The average Bonchev–Trinajstić information content (AvgIpc) is 2.84. The smallest absolute Gasteiger partial charge is 0.321 e. The first-order chi connectivity index (χ1) is 11.3. The van der Waals surface area contributed by atoms with Gasteiger partial charge in [0.1, 0.15) is 11.6 Å². The van der Waals surface area contributed by atoms with Crippen LogP contribution < -0.4 is 5.32 Å². The van der Waals surface area contributed by atoms with Gasteiger partial charge in [0.15, 0.2) is 5.82 Å². The highest BCUT2D eigenvalue weighted by molar-refractivity contribution is 6.31. The number of nitrogens with one attached hydrogen (secondary N) is 1. The van der Waals surface area contributed by atoms with Gasteiger partial charge in [-0.05, 0) is 18.2 Å². The van der Waals surface area contributed by atoms with Crippen LogP contribution in [0, 0.1) is 5.82 Å². The van der Waals surface area contributed by atoms with Crippen molar-refractivity contribution in [3.05, 3.63) is 40.7 Å². The van der Waals surface area contributed by atoms with Gasteiger partial charge in [-0.15, -0.1) is 0 Å². The molecule has 0 unspecified atom stereocenters. The molecule has 0 saturated carbocycles. The first-order valence-corrected chi connectivity index (χ1v) is 8.14. The number of carbonyl (C=O) groups excluding carboxylic acids is 1. The number of amides is 2. The van der Waals surface area contributed by atoms with Gasteiger partial charge in [0.2, 0.25) is 0 Å². The number of hydrogen-bond donors (Lipinski definition) is 1. The summed E-state index contributed by atoms with van der Waals surface area (Å²) in [6.07, 6.45) is 0. The number of benzene rings is 1. The Morgan fingerprint density at radius 2 is 2.12 bits per heavy atom. The van der Waals surface area contributed by atoms with Crippen molar-refractivity contribution in [2.75, 3.05) is 18.4 Å². The van der Waals surface area contributed by atoms with Gasteiger partial charge in [0.25, 0.3) is 0 Å². The minimum absolute atomic E-state index is 0.0189. The van der Waals surface area contributed by atoms with Crippen molar-refractivity contribution in [3.8, 4) is 0 Å². The fourth-order valence-electron chi connectivity index (χ4n) is 2.60. The van der Waals surface area contributed by atoms with E-state index in [4.69, 9.17) is 11.6 Å². The van der Waals surface area contributed by atoms with Crippen LogP contribution >= 0.6 is 11.6 Å². The fourth-order valence-corrected chi connectivity index (χ4v) is 2.78. The number of anilines is 1. The maximum Gasteiger partial charge on any atom is 0.321 e. The van der Waals surface area contributed by atoms with Crippen molar-refractivity contribution in [3.63, 3.8) is 0 Å². The largest absolute Gasteiger partial charge is 0.323 e. The van der Waals surface area contributed by atoms with E-state index in [1.54, 1.807) is 9.58 Å². The molecule has 3 rings (SSSR count). The lowest BCUT2D eigenvalue weighted by Gasteiger charge is -2.38. The summed E-state index contributed by atoms with van der Waals surface area (Å²) >= 11 is 5.72. The van der Waals surface area contributed by atoms with E-state index in [0.29, 0.717) is 18.8 Å². The predicted octanol–water partition coefficient (Wildman–Crippen LogP) is 3.36. The van der Waals surface area contributed by atoms with Crippen molar-refractivity contribution < 1.29 is 9.18 Å². The van der Waals surface area contributed by atoms with E-state index >= 15 is 0 Å². The Hall–Kier alpha value is -2.15. The summed E-state index contributed by atoms with van der Waals surface area (Å²) in [5.74, 6) is 1.65. The second-order valence-electron chi connectivity index (χ2n) is 6.27. The molecule has 1 aliphatic rings. The number of likely N-dealkylation sites (tertiary alicyclic amines) is 1. The molecule has 0 aliphatic carbocycles. The molecule has 1 aromatic heterocycles. The highest BCUT2D eigenvalue weighted by Gasteiger charge is 2.35. The Morgan fingerprint density at radius 3 is 2.71 bits per heavy atom. The Morgan fingerprint density at radius 1 is 1.42 bits per heavy atom. The zero-order valence-corrected chi connectivity index (χ0v) is 14.5. The van der Waals surface area contributed by atoms with Crippen LogP contribution in [0.3, 0.4) is 0 Å². The quantitative estimate of drug-likeness (QED) is 0.922. The van der Waals surface area contributed by atoms with E-state index in [2.05, 4.69) is 15.4 Å². The molecule has 0 spiro atoms. The summed E-state index contributed by atoms with van der Waals surface area (Å²) < 4.78 is 14.9. The zero-order valence-electron chi connectivity index (χ0n) is 13.8. The number of urea groups is 1. The van der Waals surface area contributed by atoms with Crippen molar-refractivity contribution in [2.45, 2.75) is 25.7 Å². The molecular formula is C16H19ClFN5O. The van der Waals surface area contributed by atoms with Crippen LogP contribution in [0.15, 0.2) is 18.2 Å². The zero-order chi connectivity index (χ0) is 17.4. The Kier molecular flexibility index (Phi) is 4.45. The van der Waals surface area contributed by atoms with Gasteiger partial charge in [-0.3, -0.25) is 4.68 Å². The van der Waals surface area contributed by atoms with Crippen molar-refractivity contribution in [1.29, 1.82) is 0 Å². The van der Waals surface area contributed by atoms with E-state index in [-0.39, 0.29) is 22.9 Å². The molecule has 0 radical (unpaired) electrons.